The number of hydrogen-bond acceptors (Lipinski definition) is 3. The van der Waals surface area contributed by atoms with Gasteiger partial charge in [0.05, 0.1) is 5.69 Å². The Labute approximate surface area is 121 Å². The van der Waals surface area contributed by atoms with Crippen LogP contribution in [0.1, 0.15) is 43.6 Å². The Bertz CT molecular complexity index is 603. The van der Waals surface area contributed by atoms with Crippen LogP contribution in [0.4, 0.5) is 5.82 Å². The van der Waals surface area contributed by atoms with Crippen molar-refractivity contribution < 1.29 is 0 Å². The third-order valence-corrected chi connectivity index (χ3v) is 3.52. The normalized spacial score (nSPS) is 10.9. The van der Waals surface area contributed by atoms with Gasteiger partial charge in [0.25, 0.3) is 0 Å². The maximum absolute atomic E-state index is 4.77. The molecule has 0 bridgehead atoms. The lowest BCUT2D eigenvalue weighted by Crippen LogP contribution is -2.06. The van der Waals surface area contributed by atoms with E-state index in [1.165, 1.54) is 11.1 Å². The average Bonchev–Trinajstić information content (AvgIpc) is 2.47. The fraction of sp³-hybridized carbons (Fsp3) is 0.412. The zero-order valence-corrected chi connectivity index (χ0v) is 13.0. The summed E-state index contributed by atoms with van der Waals surface area (Å²) in [6, 6.07) is 8.60. The lowest BCUT2D eigenvalue weighted by Gasteiger charge is -2.14. The van der Waals surface area contributed by atoms with Crippen molar-refractivity contribution in [2.45, 2.75) is 40.0 Å². The highest BCUT2D eigenvalue weighted by atomic mass is 15.0. The summed E-state index contributed by atoms with van der Waals surface area (Å²) in [5.74, 6) is 2.12. The Hall–Kier alpha value is -1.90. The number of aryl methyl sites for hydroxylation is 1. The van der Waals surface area contributed by atoms with Crippen LogP contribution in [0.15, 0.2) is 24.3 Å². The van der Waals surface area contributed by atoms with E-state index in [9.17, 15) is 0 Å². The highest BCUT2D eigenvalue weighted by Gasteiger charge is 2.13. The first-order valence-corrected chi connectivity index (χ1v) is 7.22. The zero-order chi connectivity index (χ0) is 14.7. The van der Waals surface area contributed by atoms with Crippen LogP contribution < -0.4 is 5.32 Å². The van der Waals surface area contributed by atoms with E-state index in [-0.39, 0.29) is 0 Å². The molecule has 3 heteroatoms. The van der Waals surface area contributed by atoms with Gasteiger partial charge in [-0.2, -0.15) is 0 Å². The molecule has 0 saturated heterocycles. The first kappa shape index (κ1) is 14.5. The largest absolute Gasteiger partial charge is 0.373 e. The predicted octanol–water partition coefficient (Wildman–Crippen LogP) is 4.18. The van der Waals surface area contributed by atoms with Gasteiger partial charge < -0.3 is 5.32 Å². The summed E-state index contributed by atoms with van der Waals surface area (Å²) in [6.45, 7) is 8.49. The van der Waals surface area contributed by atoms with Crippen LogP contribution in [0, 0.1) is 6.92 Å². The van der Waals surface area contributed by atoms with Gasteiger partial charge in [0.1, 0.15) is 11.6 Å². The van der Waals surface area contributed by atoms with E-state index in [0.717, 1.165) is 29.3 Å². The van der Waals surface area contributed by atoms with Crippen LogP contribution in [0.2, 0.25) is 0 Å². The summed E-state index contributed by atoms with van der Waals surface area (Å²) >= 11 is 0. The zero-order valence-electron chi connectivity index (χ0n) is 13.0. The molecule has 20 heavy (non-hydrogen) atoms. The van der Waals surface area contributed by atoms with E-state index >= 15 is 0 Å². The Morgan fingerprint density at radius 1 is 1.20 bits per heavy atom. The molecule has 106 valence electrons. The van der Waals surface area contributed by atoms with Crippen molar-refractivity contribution in [3.63, 3.8) is 0 Å². The number of benzene rings is 1. The highest BCUT2D eigenvalue weighted by Crippen LogP contribution is 2.28. The molecule has 3 nitrogen and oxygen atoms in total. The number of hydrogen-bond donors (Lipinski definition) is 1. The standard InChI is InChI=1S/C17H23N3/c1-6-13-8-7-9-14(10-13)15-12(4)17(18-5)20-16(19-15)11(2)3/h7-11H,6H2,1-5H3,(H,18,19,20). The molecule has 1 N–H and O–H groups in total. The van der Waals surface area contributed by atoms with Crippen LogP contribution in [-0.4, -0.2) is 17.0 Å². The van der Waals surface area contributed by atoms with E-state index in [4.69, 9.17) is 4.98 Å². The molecular formula is C17H23N3. The van der Waals surface area contributed by atoms with Gasteiger partial charge >= 0.3 is 0 Å². The molecular weight excluding hydrogens is 246 g/mol. The van der Waals surface area contributed by atoms with Crippen molar-refractivity contribution in [1.29, 1.82) is 0 Å². The quantitative estimate of drug-likeness (QED) is 0.904. The van der Waals surface area contributed by atoms with Crippen molar-refractivity contribution >= 4 is 5.82 Å². The minimum Gasteiger partial charge on any atom is -0.373 e. The summed E-state index contributed by atoms with van der Waals surface area (Å²) in [7, 11) is 1.91. The van der Waals surface area contributed by atoms with Gasteiger partial charge in [-0.05, 0) is 25.0 Å². The van der Waals surface area contributed by atoms with E-state index in [0.29, 0.717) is 5.92 Å². The first-order valence-electron chi connectivity index (χ1n) is 7.22. The lowest BCUT2D eigenvalue weighted by atomic mass is 10.0. The molecule has 1 aromatic carbocycles. The molecule has 0 aliphatic carbocycles. The minimum atomic E-state index is 0.316. The van der Waals surface area contributed by atoms with E-state index in [1.54, 1.807) is 0 Å². The molecule has 1 heterocycles. The molecule has 0 atom stereocenters. The third-order valence-electron chi connectivity index (χ3n) is 3.52. The molecule has 0 spiro atoms. The Balaban J connectivity index is 2.62. The average molecular weight is 269 g/mol. The van der Waals surface area contributed by atoms with E-state index < -0.39 is 0 Å². The topological polar surface area (TPSA) is 37.8 Å². The molecule has 2 rings (SSSR count). The smallest absolute Gasteiger partial charge is 0.133 e. The van der Waals surface area contributed by atoms with Gasteiger partial charge in [-0.15, -0.1) is 0 Å². The molecule has 2 aromatic rings. The number of nitrogens with zero attached hydrogens (tertiary/aromatic N) is 2. The van der Waals surface area contributed by atoms with Gasteiger partial charge in [0.15, 0.2) is 0 Å². The Morgan fingerprint density at radius 2 is 1.95 bits per heavy atom. The van der Waals surface area contributed by atoms with Crippen molar-refractivity contribution in [3.05, 3.63) is 41.2 Å². The minimum absolute atomic E-state index is 0.316. The molecule has 0 fully saturated rings. The van der Waals surface area contributed by atoms with Crippen LogP contribution >= 0.6 is 0 Å². The van der Waals surface area contributed by atoms with Crippen molar-refractivity contribution in [3.8, 4) is 11.3 Å². The molecule has 0 aliphatic heterocycles. The maximum Gasteiger partial charge on any atom is 0.133 e. The number of rotatable bonds is 4. The second-order valence-electron chi connectivity index (χ2n) is 5.36. The van der Waals surface area contributed by atoms with Crippen molar-refractivity contribution in [1.82, 2.24) is 9.97 Å². The summed E-state index contributed by atoms with van der Waals surface area (Å²) in [6.07, 6.45) is 1.04. The van der Waals surface area contributed by atoms with Crippen LogP contribution in [-0.2, 0) is 6.42 Å². The highest BCUT2D eigenvalue weighted by molar-refractivity contribution is 5.68. The molecule has 0 unspecified atom stereocenters. The van der Waals surface area contributed by atoms with Crippen LogP contribution in [0.25, 0.3) is 11.3 Å². The van der Waals surface area contributed by atoms with Crippen molar-refractivity contribution in [2.75, 3.05) is 12.4 Å². The summed E-state index contributed by atoms with van der Waals surface area (Å²) < 4.78 is 0. The molecule has 0 saturated carbocycles. The van der Waals surface area contributed by atoms with Gasteiger partial charge in [-0.1, -0.05) is 39.0 Å². The van der Waals surface area contributed by atoms with E-state index in [1.807, 2.05) is 7.05 Å². The first-order chi connectivity index (χ1) is 9.56. The molecule has 1 aromatic heterocycles. The fourth-order valence-corrected chi connectivity index (χ4v) is 2.26. The summed E-state index contributed by atoms with van der Waals surface area (Å²) in [4.78, 5) is 9.37. The van der Waals surface area contributed by atoms with Gasteiger partial charge in [0.2, 0.25) is 0 Å². The number of nitrogens with one attached hydrogen (secondary N) is 1. The van der Waals surface area contributed by atoms with Crippen LogP contribution in [0.3, 0.4) is 0 Å². The summed E-state index contributed by atoms with van der Waals surface area (Å²) in [5, 5.41) is 3.18. The van der Waals surface area contributed by atoms with Crippen molar-refractivity contribution in [2.24, 2.45) is 0 Å². The number of aromatic nitrogens is 2. The van der Waals surface area contributed by atoms with Crippen LogP contribution in [0.5, 0.6) is 0 Å². The predicted molar refractivity (Wildman–Crippen MR) is 85.2 cm³/mol. The molecule has 0 aliphatic rings. The third kappa shape index (κ3) is 2.82. The number of anilines is 1. The monoisotopic (exact) mass is 269 g/mol. The molecule has 0 radical (unpaired) electrons. The lowest BCUT2D eigenvalue weighted by molar-refractivity contribution is 0.775. The van der Waals surface area contributed by atoms with Gasteiger partial charge in [-0.25, -0.2) is 9.97 Å². The summed E-state index contributed by atoms with van der Waals surface area (Å²) in [5.41, 5.74) is 4.63. The maximum atomic E-state index is 4.77. The van der Waals surface area contributed by atoms with E-state index in [2.05, 4.69) is 62.3 Å². The second-order valence-corrected chi connectivity index (χ2v) is 5.36. The fourth-order valence-electron chi connectivity index (χ4n) is 2.26. The van der Waals surface area contributed by atoms with Gasteiger partial charge in [0, 0.05) is 24.1 Å². The second kappa shape index (κ2) is 6.04. The Morgan fingerprint density at radius 3 is 2.55 bits per heavy atom. The SMILES string of the molecule is CCc1cccc(-c2nc(C(C)C)nc(NC)c2C)c1. The van der Waals surface area contributed by atoms with Gasteiger partial charge in [-0.3, -0.25) is 0 Å². The molecule has 0 amide bonds. The Kier molecular flexibility index (Phi) is 4.38.